The van der Waals surface area contributed by atoms with Gasteiger partial charge in [-0.1, -0.05) is 25.5 Å². The van der Waals surface area contributed by atoms with E-state index in [1.165, 1.54) is 18.6 Å². The third-order valence-corrected chi connectivity index (χ3v) is 5.74. The molecule has 2 unspecified atom stereocenters. The van der Waals surface area contributed by atoms with Crippen LogP contribution in [0, 0.1) is 5.92 Å². The van der Waals surface area contributed by atoms with E-state index < -0.39 is 0 Å². The topological polar surface area (TPSA) is 45.1 Å². The number of piperidine rings is 3. The first-order chi connectivity index (χ1) is 12.2. The lowest BCUT2D eigenvalue weighted by Crippen LogP contribution is -2.56. The Morgan fingerprint density at radius 2 is 1.92 bits per heavy atom. The highest BCUT2D eigenvalue weighted by Gasteiger charge is 2.50. The summed E-state index contributed by atoms with van der Waals surface area (Å²) in [6, 6.07) is 8.51. The smallest absolute Gasteiger partial charge is 0.240 e. The Bertz CT molecular complexity index is 662. The summed E-state index contributed by atoms with van der Waals surface area (Å²) in [4.78, 5) is 14.7. The van der Waals surface area contributed by atoms with Crippen LogP contribution in [0.25, 0.3) is 0 Å². The van der Waals surface area contributed by atoms with Gasteiger partial charge in [-0.2, -0.15) is 5.10 Å². The number of hydrazone groups is 1. The fourth-order valence-electron chi connectivity index (χ4n) is 4.41. The fraction of sp³-hybridized carbons (Fsp3) is 0.600. The molecule has 1 amide bonds. The van der Waals surface area contributed by atoms with Crippen molar-refractivity contribution < 1.29 is 9.53 Å². The molecule has 5 nitrogen and oxygen atoms in total. The Balaban J connectivity index is 1.58. The zero-order chi connectivity index (χ0) is 17.4. The molecule has 0 saturated carbocycles. The van der Waals surface area contributed by atoms with Crippen molar-refractivity contribution in [2.45, 2.75) is 51.6 Å². The highest BCUT2D eigenvalue weighted by atomic mass is 16.5. The van der Waals surface area contributed by atoms with Crippen LogP contribution in [0.4, 0.5) is 0 Å². The Labute approximate surface area is 149 Å². The van der Waals surface area contributed by atoms with Crippen LogP contribution in [-0.2, 0) is 4.79 Å². The van der Waals surface area contributed by atoms with E-state index in [0.29, 0.717) is 5.92 Å². The van der Waals surface area contributed by atoms with Gasteiger partial charge in [-0.25, -0.2) is 5.01 Å². The number of hydrogen-bond donors (Lipinski definition) is 0. The van der Waals surface area contributed by atoms with Gasteiger partial charge < -0.3 is 4.74 Å². The maximum atomic E-state index is 12.2. The average molecular weight is 341 g/mol. The van der Waals surface area contributed by atoms with E-state index in [0.717, 1.165) is 43.9 Å². The van der Waals surface area contributed by atoms with Crippen LogP contribution in [0.3, 0.4) is 0 Å². The van der Waals surface area contributed by atoms with Gasteiger partial charge >= 0.3 is 0 Å². The normalized spacial score (nSPS) is 30.2. The number of carbonyl (C=O) groups is 1. The van der Waals surface area contributed by atoms with Crippen molar-refractivity contribution in [1.29, 1.82) is 0 Å². The molecule has 0 N–H and O–H groups in total. The van der Waals surface area contributed by atoms with E-state index in [2.05, 4.69) is 24.0 Å². The molecule has 25 heavy (non-hydrogen) atoms. The number of rotatable bonds is 5. The van der Waals surface area contributed by atoms with Crippen LogP contribution in [0.5, 0.6) is 5.75 Å². The molecule has 5 rings (SSSR count). The first-order valence-electron chi connectivity index (χ1n) is 9.54. The summed E-state index contributed by atoms with van der Waals surface area (Å²) in [5.74, 6) is 1.48. The number of nitrogens with zero attached hydrogens (tertiary/aromatic N) is 3. The highest BCUT2D eigenvalue weighted by molar-refractivity contribution is 5.97. The van der Waals surface area contributed by atoms with Gasteiger partial charge in [0.25, 0.3) is 0 Å². The van der Waals surface area contributed by atoms with Crippen LogP contribution in [0.1, 0.15) is 51.1 Å². The number of carbonyl (C=O) groups excluding carboxylic acids is 1. The Kier molecular flexibility index (Phi) is 4.50. The summed E-state index contributed by atoms with van der Waals surface area (Å²) in [5, 5.41) is 6.47. The summed E-state index contributed by atoms with van der Waals surface area (Å²) in [6.07, 6.45) is 4.56. The van der Waals surface area contributed by atoms with Gasteiger partial charge in [0.05, 0.1) is 18.4 Å². The number of hydrogen-bond acceptors (Lipinski definition) is 4. The standard InChI is InChI=1S/C20H27N3O2/c1-3-4-13-25-17-7-5-16(6-8-17)19-20-18(21-23(19)14(2)24)15-9-11-22(20)12-10-15/h5-8,15,19-20H,3-4,9-13H2,1-2H3. The van der Waals surface area contributed by atoms with Crippen LogP contribution in [0.2, 0.25) is 0 Å². The summed E-state index contributed by atoms with van der Waals surface area (Å²) in [6.45, 7) is 6.77. The molecule has 2 bridgehead atoms. The molecule has 4 aliphatic rings. The van der Waals surface area contributed by atoms with Gasteiger partial charge in [-0.15, -0.1) is 0 Å². The summed E-state index contributed by atoms with van der Waals surface area (Å²) in [7, 11) is 0. The van der Waals surface area contributed by atoms with Gasteiger partial charge in [0.15, 0.2) is 0 Å². The maximum absolute atomic E-state index is 12.2. The zero-order valence-electron chi connectivity index (χ0n) is 15.1. The SMILES string of the molecule is CCCCOc1ccc(C2C3C(=NN2C(C)=O)C2CCN3CC2)cc1. The third-order valence-electron chi connectivity index (χ3n) is 5.74. The highest BCUT2D eigenvalue weighted by Crippen LogP contribution is 2.43. The van der Waals surface area contributed by atoms with Crippen LogP contribution >= 0.6 is 0 Å². The molecular formula is C20H27N3O2. The quantitative estimate of drug-likeness (QED) is 0.773. The number of unbranched alkanes of at least 4 members (excludes halogenated alkanes) is 1. The average Bonchev–Trinajstić information content (AvgIpc) is 3.07. The number of fused-ring (bicyclic) bond motifs is 2. The molecule has 1 aromatic carbocycles. The van der Waals surface area contributed by atoms with E-state index in [9.17, 15) is 4.79 Å². The van der Waals surface area contributed by atoms with Crippen LogP contribution in [0.15, 0.2) is 29.4 Å². The summed E-state index contributed by atoms with van der Waals surface area (Å²) in [5.41, 5.74) is 2.37. The second kappa shape index (κ2) is 6.79. The summed E-state index contributed by atoms with van der Waals surface area (Å²) < 4.78 is 5.77. The van der Waals surface area contributed by atoms with E-state index in [1.807, 2.05) is 12.1 Å². The first-order valence-corrected chi connectivity index (χ1v) is 9.54. The minimum atomic E-state index is 0.000270. The van der Waals surface area contributed by atoms with E-state index >= 15 is 0 Å². The van der Waals surface area contributed by atoms with Crippen LogP contribution < -0.4 is 4.74 Å². The fourth-order valence-corrected chi connectivity index (χ4v) is 4.41. The summed E-state index contributed by atoms with van der Waals surface area (Å²) >= 11 is 0. The van der Waals surface area contributed by atoms with Gasteiger partial charge in [-0.3, -0.25) is 9.69 Å². The van der Waals surface area contributed by atoms with Crippen molar-refractivity contribution >= 4 is 11.6 Å². The van der Waals surface area contributed by atoms with Crippen molar-refractivity contribution in [3.05, 3.63) is 29.8 Å². The molecule has 4 aliphatic heterocycles. The first kappa shape index (κ1) is 16.6. The second-order valence-electron chi connectivity index (χ2n) is 7.36. The van der Waals surface area contributed by atoms with Crippen molar-refractivity contribution in [2.24, 2.45) is 11.0 Å². The van der Waals surface area contributed by atoms with Crippen molar-refractivity contribution in [1.82, 2.24) is 9.91 Å². The molecule has 1 aromatic rings. The molecule has 0 spiro atoms. The Morgan fingerprint density at radius 1 is 1.20 bits per heavy atom. The molecule has 0 aromatic heterocycles. The van der Waals surface area contributed by atoms with Gasteiger partial charge in [0.2, 0.25) is 5.91 Å². The van der Waals surface area contributed by atoms with Gasteiger partial charge in [-0.05, 0) is 50.0 Å². The lowest BCUT2D eigenvalue weighted by molar-refractivity contribution is -0.131. The molecule has 3 saturated heterocycles. The monoisotopic (exact) mass is 341 g/mol. The van der Waals surface area contributed by atoms with E-state index in [-0.39, 0.29) is 18.0 Å². The number of ether oxygens (including phenoxy) is 1. The minimum Gasteiger partial charge on any atom is -0.494 e. The Morgan fingerprint density at radius 3 is 2.56 bits per heavy atom. The maximum Gasteiger partial charge on any atom is 0.240 e. The largest absolute Gasteiger partial charge is 0.494 e. The predicted molar refractivity (Wildman–Crippen MR) is 97.6 cm³/mol. The predicted octanol–water partition coefficient (Wildman–Crippen LogP) is 3.22. The molecule has 0 aliphatic carbocycles. The third kappa shape index (κ3) is 2.95. The number of benzene rings is 1. The Hall–Kier alpha value is -1.88. The molecule has 3 fully saturated rings. The zero-order valence-corrected chi connectivity index (χ0v) is 15.1. The van der Waals surface area contributed by atoms with Crippen LogP contribution in [-0.4, -0.2) is 47.3 Å². The minimum absolute atomic E-state index is 0.000270. The van der Waals surface area contributed by atoms with Crippen molar-refractivity contribution in [3.8, 4) is 5.75 Å². The second-order valence-corrected chi connectivity index (χ2v) is 7.36. The lowest BCUT2D eigenvalue weighted by Gasteiger charge is -2.46. The van der Waals surface area contributed by atoms with Gasteiger partial charge in [0, 0.05) is 12.8 Å². The van der Waals surface area contributed by atoms with Crippen molar-refractivity contribution in [3.63, 3.8) is 0 Å². The molecule has 134 valence electrons. The lowest BCUT2D eigenvalue weighted by atomic mass is 9.78. The van der Waals surface area contributed by atoms with E-state index in [4.69, 9.17) is 9.84 Å². The molecule has 5 heteroatoms. The molecule has 0 radical (unpaired) electrons. The van der Waals surface area contributed by atoms with Crippen molar-refractivity contribution in [2.75, 3.05) is 19.7 Å². The van der Waals surface area contributed by atoms with E-state index in [1.54, 1.807) is 11.9 Å². The molecule has 2 atom stereocenters. The molecule has 4 heterocycles. The van der Waals surface area contributed by atoms with Gasteiger partial charge in [0.1, 0.15) is 11.8 Å². The number of amides is 1. The molecular weight excluding hydrogens is 314 g/mol.